The van der Waals surface area contributed by atoms with Crippen LogP contribution in [0.15, 0.2) is 60.8 Å². The quantitative estimate of drug-likeness (QED) is 0.0348. The summed E-state index contributed by atoms with van der Waals surface area (Å²) in [6.07, 6.45) is 60.8. The molecule has 0 radical (unpaired) electrons. The van der Waals surface area contributed by atoms with Gasteiger partial charge in [-0.2, -0.15) is 0 Å². The summed E-state index contributed by atoms with van der Waals surface area (Å²) in [5, 5.41) is 0. The SMILES string of the molecule is CC/C=C\C/C=C\C/C=C\C/C=C\CCCCCCC(=O)OCC(COCCCCCCCC/C=C\CCCCCC)OC(=O)CCCCCCCCCCCCC. The normalized spacial score (nSPS) is 12.7. The molecule has 1 atom stereocenters. The third kappa shape index (κ3) is 46.3. The fourth-order valence-corrected chi connectivity index (χ4v) is 6.85. The average Bonchev–Trinajstić information content (AvgIpc) is 3.22. The van der Waals surface area contributed by atoms with Gasteiger partial charge in [-0.05, 0) is 83.5 Å². The Hall–Kier alpha value is -2.40. The van der Waals surface area contributed by atoms with Gasteiger partial charge in [0.05, 0.1) is 6.61 Å². The molecule has 58 heavy (non-hydrogen) atoms. The molecule has 0 aliphatic carbocycles. The van der Waals surface area contributed by atoms with E-state index in [0.29, 0.717) is 19.4 Å². The van der Waals surface area contributed by atoms with E-state index in [1.165, 1.54) is 122 Å². The number of unbranched alkanes of at least 4 members (excludes halogenated alkanes) is 24. The third-order valence-corrected chi connectivity index (χ3v) is 10.5. The van der Waals surface area contributed by atoms with Crippen LogP contribution in [0.2, 0.25) is 0 Å². The van der Waals surface area contributed by atoms with E-state index in [-0.39, 0.29) is 25.2 Å². The van der Waals surface area contributed by atoms with Crippen LogP contribution in [-0.4, -0.2) is 37.9 Å². The molecule has 0 bridgehead atoms. The van der Waals surface area contributed by atoms with Crippen molar-refractivity contribution in [2.24, 2.45) is 0 Å². The fraction of sp³-hybridized carbons (Fsp3) is 0.774. The summed E-state index contributed by atoms with van der Waals surface area (Å²) in [6.45, 7) is 7.67. The molecule has 0 spiro atoms. The van der Waals surface area contributed by atoms with Crippen molar-refractivity contribution in [1.82, 2.24) is 0 Å². The van der Waals surface area contributed by atoms with E-state index in [4.69, 9.17) is 14.2 Å². The van der Waals surface area contributed by atoms with Crippen molar-refractivity contribution in [2.45, 2.75) is 245 Å². The molecule has 0 saturated carbocycles. The maximum absolute atomic E-state index is 12.7. The van der Waals surface area contributed by atoms with Crippen molar-refractivity contribution in [3.8, 4) is 0 Å². The number of esters is 2. The van der Waals surface area contributed by atoms with Crippen molar-refractivity contribution < 1.29 is 23.8 Å². The Morgan fingerprint density at radius 3 is 1.28 bits per heavy atom. The van der Waals surface area contributed by atoms with Crippen LogP contribution in [0.5, 0.6) is 0 Å². The molecule has 0 amide bonds. The van der Waals surface area contributed by atoms with Gasteiger partial charge in [-0.25, -0.2) is 0 Å². The summed E-state index contributed by atoms with van der Waals surface area (Å²) in [7, 11) is 0. The zero-order valence-electron chi connectivity index (χ0n) is 38.6. The van der Waals surface area contributed by atoms with Gasteiger partial charge in [-0.3, -0.25) is 9.59 Å². The first-order valence-corrected chi connectivity index (χ1v) is 24.8. The largest absolute Gasteiger partial charge is 0.462 e. The first kappa shape index (κ1) is 55.6. The maximum Gasteiger partial charge on any atom is 0.306 e. The van der Waals surface area contributed by atoms with Gasteiger partial charge in [0.2, 0.25) is 0 Å². The van der Waals surface area contributed by atoms with Crippen LogP contribution in [0.1, 0.15) is 239 Å². The zero-order valence-corrected chi connectivity index (χ0v) is 38.6. The number of carbonyl (C=O) groups is 2. The second kappa shape index (κ2) is 49.0. The van der Waals surface area contributed by atoms with Crippen molar-refractivity contribution in [3.05, 3.63) is 60.8 Å². The minimum atomic E-state index is -0.546. The second-order valence-electron chi connectivity index (χ2n) is 16.3. The molecule has 0 heterocycles. The lowest BCUT2D eigenvalue weighted by molar-refractivity contribution is -0.163. The van der Waals surface area contributed by atoms with E-state index >= 15 is 0 Å². The lowest BCUT2D eigenvalue weighted by atomic mass is 10.1. The summed E-state index contributed by atoms with van der Waals surface area (Å²) in [5.74, 6) is -0.423. The minimum Gasteiger partial charge on any atom is -0.462 e. The molecule has 0 aromatic rings. The van der Waals surface area contributed by atoms with Crippen molar-refractivity contribution in [1.29, 1.82) is 0 Å². The molecule has 0 aromatic heterocycles. The molecule has 0 aliphatic heterocycles. The lowest BCUT2D eigenvalue weighted by Gasteiger charge is -2.18. The Balaban J connectivity index is 4.29. The summed E-state index contributed by atoms with van der Waals surface area (Å²) in [4.78, 5) is 25.3. The van der Waals surface area contributed by atoms with E-state index < -0.39 is 6.10 Å². The van der Waals surface area contributed by atoms with E-state index in [9.17, 15) is 9.59 Å². The van der Waals surface area contributed by atoms with E-state index in [2.05, 4.69) is 81.5 Å². The number of carbonyl (C=O) groups excluding carboxylic acids is 2. The smallest absolute Gasteiger partial charge is 0.306 e. The van der Waals surface area contributed by atoms with Crippen LogP contribution in [0.4, 0.5) is 0 Å². The molecule has 1 unspecified atom stereocenters. The average molecular weight is 811 g/mol. The van der Waals surface area contributed by atoms with Crippen LogP contribution < -0.4 is 0 Å². The molecule has 0 aromatic carbocycles. The number of hydrogen-bond donors (Lipinski definition) is 0. The Bertz CT molecular complexity index is 1010. The summed E-state index contributed by atoms with van der Waals surface area (Å²) in [6, 6.07) is 0. The summed E-state index contributed by atoms with van der Waals surface area (Å²) in [5.41, 5.74) is 0. The second-order valence-corrected chi connectivity index (χ2v) is 16.3. The van der Waals surface area contributed by atoms with Gasteiger partial charge in [0.1, 0.15) is 6.61 Å². The molecule has 0 saturated heterocycles. The molecular formula is C53H94O5. The van der Waals surface area contributed by atoms with Gasteiger partial charge in [-0.15, -0.1) is 0 Å². The molecule has 5 nitrogen and oxygen atoms in total. The molecule has 5 heteroatoms. The van der Waals surface area contributed by atoms with Gasteiger partial charge in [-0.1, -0.05) is 204 Å². The predicted octanol–water partition coefficient (Wildman–Crippen LogP) is 16.6. The summed E-state index contributed by atoms with van der Waals surface area (Å²) < 4.78 is 17.3. The van der Waals surface area contributed by atoms with Crippen LogP contribution in [-0.2, 0) is 23.8 Å². The first-order chi connectivity index (χ1) is 28.6. The highest BCUT2D eigenvalue weighted by Gasteiger charge is 2.17. The topological polar surface area (TPSA) is 61.8 Å². The standard InChI is InChI=1S/C53H94O5/c1-4-7-10-13-16-19-22-24-26-27-28-29-32-34-37-40-43-46-52(54)57-50-51(58-53(55)47-44-41-38-35-31-21-18-15-12-9-6-3)49-56-48-45-42-39-36-33-30-25-23-20-17-14-11-8-5-2/h7,10,16,19-20,23-24,26,28-29,51H,4-6,8-9,11-15,17-18,21-22,25,27,30-50H2,1-3H3/b10-7-,19-16-,23-20-,26-24-,29-28-. The zero-order chi connectivity index (χ0) is 42.1. The van der Waals surface area contributed by atoms with Gasteiger partial charge in [0, 0.05) is 19.4 Å². The van der Waals surface area contributed by atoms with Gasteiger partial charge < -0.3 is 14.2 Å². The molecule has 0 aliphatic rings. The fourth-order valence-electron chi connectivity index (χ4n) is 6.85. The number of rotatable bonds is 45. The predicted molar refractivity (Wildman–Crippen MR) is 251 cm³/mol. The van der Waals surface area contributed by atoms with Crippen LogP contribution in [0.25, 0.3) is 0 Å². The molecule has 0 rings (SSSR count). The first-order valence-electron chi connectivity index (χ1n) is 24.8. The van der Waals surface area contributed by atoms with Gasteiger partial charge >= 0.3 is 11.9 Å². The molecular weight excluding hydrogens is 717 g/mol. The van der Waals surface area contributed by atoms with E-state index in [1.807, 2.05) is 0 Å². The van der Waals surface area contributed by atoms with Gasteiger partial charge in [0.15, 0.2) is 6.10 Å². The van der Waals surface area contributed by atoms with E-state index in [1.54, 1.807) is 0 Å². The minimum absolute atomic E-state index is 0.0713. The van der Waals surface area contributed by atoms with Crippen LogP contribution >= 0.6 is 0 Å². The van der Waals surface area contributed by atoms with Crippen molar-refractivity contribution in [3.63, 3.8) is 0 Å². The molecule has 0 N–H and O–H groups in total. The highest BCUT2D eigenvalue weighted by Crippen LogP contribution is 2.14. The third-order valence-electron chi connectivity index (χ3n) is 10.5. The van der Waals surface area contributed by atoms with Gasteiger partial charge in [0.25, 0.3) is 0 Å². The number of ether oxygens (including phenoxy) is 3. The Morgan fingerprint density at radius 1 is 0.397 bits per heavy atom. The Labute approximate surface area is 360 Å². The summed E-state index contributed by atoms with van der Waals surface area (Å²) >= 11 is 0. The van der Waals surface area contributed by atoms with E-state index in [0.717, 1.165) is 83.5 Å². The molecule has 336 valence electrons. The molecule has 0 fully saturated rings. The van der Waals surface area contributed by atoms with Crippen molar-refractivity contribution >= 4 is 11.9 Å². The Kier molecular flexibility index (Phi) is 46.9. The number of hydrogen-bond acceptors (Lipinski definition) is 5. The van der Waals surface area contributed by atoms with Crippen molar-refractivity contribution in [2.75, 3.05) is 19.8 Å². The monoisotopic (exact) mass is 811 g/mol. The lowest BCUT2D eigenvalue weighted by Crippen LogP contribution is -2.30. The highest BCUT2D eigenvalue weighted by molar-refractivity contribution is 5.70. The highest BCUT2D eigenvalue weighted by atomic mass is 16.6. The maximum atomic E-state index is 12.7. The van der Waals surface area contributed by atoms with Crippen LogP contribution in [0, 0.1) is 0 Å². The number of allylic oxidation sites excluding steroid dienone is 10. The van der Waals surface area contributed by atoms with Crippen LogP contribution in [0.3, 0.4) is 0 Å². The Morgan fingerprint density at radius 2 is 0.776 bits per heavy atom.